The van der Waals surface area contributed by atoms with E-state index < -0.39 is 26.5 Å². The number of halogens is 1. The lowest BCUT2D eigenvalue weighted by atomic mass is 10.2. The first-order valence-corrected chi connectivity index (χ1v) is 8.60. The van der Waals surface area contributed by atoms with E-state index in [1.54, 1.807) is 11.8 Å². The van der Waals surface area contributed by atoms with Crippen LogP contribution in [0.2, 0.25) is 0 Å². The number of hydrogen-bond donors (Lipinski definition) is 1. The largest absolute Gasteiger partial charge is 0.306 e. The maximum atomic E-state index is 13.5. The zero-order valence-corrected chi connectivity index (χ0v) is 12.7. The molecule has 0 aliphatic heterocycles. The van der Waals surface area contributed by atoms with Crippen LogP contribution in [0, 0.1) is 22.9 Å². The number of nitrogens with zero attached hydrogens (tertiary/aromatic N) is 1. The Morgan fingerprint density at radius 3 is 2.65 bits per heavy atom. The van der Waals surface area contributed by atoms with E-state index in [-0.39, 0.29) is 17.0 Å². The first kappa shape index (κ1) is 16.9. The molecule has 0 spiro atoms. The molecule has 6 nitrogen and oxygen atoms in total. The molecule has 1 aromatic rings. The van der Waals surface area contributed by atoms with Gasteiger partial charge in [0.25, 0.3) is 0 Å². The second-order valence-corrected chi connectivity index (χ2v) is 6.83. The van der Waals surface area contributed by atoms with Crippen molar-refractivity contribution in [1.82, 2.24) is 4.72 Å². The molecule has 0 fully saturated rings. The van der Waals surface area contributed by atoms with Gasteiger partial charge >= 0.3 is 5.69 Å². The highest BCUT2D eigenvalue weighted by Gasteiger charge is 2.23. The molecular formula is C11H15FN2O4S2. The Labute approximate surface area is 121 Å². The molecule has 0 aromatic heterocycles. The van der Waals surface area contributed by atoms with Crippen molar-refractivity contribution < 1.29 is 17.7 Å². The first-order chi connectivity index (χ1) is 9.29. The summed E-state index contributed by atoms with van der Waals surface area (Å²) < 4.78 is 39.8. The van der Waals surface area contributed by atoms with E-state index in [1.807, 2.05) is 6.26 Å². The zero-order chi connectivity index (χ0) is 15.3. The molecule has 9 heteroatoms. The van der Waals surface area contributed by atoms with Gasteiger partial charge in [-0.25, -0.2) is 13.1 Å². The molecule has 0 saturated heterocycles. The lowest BCUT2D eigenvalue weighted by Gasteiger charge is -2.08. The van der Waals surface area contributed by atoms with Crippen LogP contribution in [0.15, 0.2) is 17.0 Å². The molecule has 1 N–H and O–H groups in total. The Bertz CT molecular complexity index is 605. The molecule has 0 heterocycles. The number of rotatable bonds is 7. The highest BCUT2D eigenvalue weighted by Crippen LogP contribution is 2.24. The van der Waals surface area contributed by atoms with Crippen LogP contribution in [-0.2, 0) is 10.0 Å². The van der Waals surface area contributed by atoms with Crippen molar-refractivity contribution in [2.45, 2.75) is 18.2 Å². The summed E-state index contributed by atoms with van der Waals surface area (Å²) in [5.41, 5.74) is -0.918. The van der Waals surface area contributed by atoms with Crippen molar-refractivity contribution in [3.05, 3.63) is 33.6 Å². The summed E-state index contributed by atoms with van der Waals surface area (Å²) >= 11 is 1.59. The molecule has 0 radical (unpaired) electrons. The molecule has 1 aromatic carbocycles. The summed E-state index contributed by atoms with van der Waals surface area (Å²) in [6.45, 7) is 1.52. The number of hydrogen-bond acceptors (Lipinski definition) is 5. The molecule has 20 heavy (non-hydrogen) atoms. The average molecular weight is 322 g/mol. The maximum Gasteiger partial charge on any atom is 0.306 e. The van der Waals surface area contributed by atoms with Gasteiger partial charge < -0.3 is 0 Å². The molecule has 0 saturated carbocycles. The quantitative estimate of drug-likeness (QED) is 0.471. The average Bonchev–Trinajstić information content (AvgIpc) is 2.37. The Kier molecular flexibility index (Phi) is 5.90. The van der Waals surface area contributed by atoms with E-state index in [1.165, 1.54) is 6.92 Å². The van der Waals surface area contributed by atoms with Crippen LogP contribution < -0.4 is 4.72 Å². The lowest BCUT2D eigenvalue weighted by molar-refractivity contribution is -0.387. The molecule has 0 bridgehead atoms. The van der Waals surface area contributed by atoms with Crippen molar-refractivity contribution in [3.8, 4) is 0 Å². The molecule has 1 rings (SSSR count). The number of thioether (sulfide) groups is 1. The molecule has 0 aliphatic carbocycles. The third-order valence-electron chi connectivity index (χ3n) is 2.53. The van der Waals surface area contributed by atoms with E-state index in [2.05, 4.69) is 4.72 Å². The summed E-state index contributed by atoms with van der Waals surface area (Å²) in [7, 11) is -3.87. The number of nitro benzene ring substituents is 1. The second kappa shape index (κ2) is 7.00. The topological polar surface area (TPSA) is 89.3 Å². The van der Waals surface area contributed by atoms with Crippen molar-refractivity contribution >= 4 is 27.5 Å². The molecule has 0 atom stereocenters. The predicted octanol–water partition coefficient (Wildman–Crippen LogP) is 2.07. The van der Waals surface area contributed by atoms with Gasteiger partial charge in [0, 0.05) is 12.6 Å². The summed E-state index contributed by atoms with van der Waals surface area (Å²) in [6, 6.07) is 1.82. The molecule has 112 valence electrons. The summed E-state index contributed by atoms with van der Waals surface area (Å²) in [5, 5.41) is 10.7. The van der Waals surface area contributed by atoms with Gasteiger partial charge in [-0.1, -0.05) is 0 Å². The van der Waals surface area contributed by atoms with Crippen molar-refractivity contribution in [1.29, 1.82) is 0 Å². The fourth-order valence-corrected chi connectivity index (χ4v) is 3.12. The van der Waals surface area contributed by atoms with Crippen LogP contribution in [0.25, 0.3) is 0 Å². The fourth-order valence-electron chi connectivity index (χ4n) is 1.51. The van der Waals surface area contributed by atoms with Crippen LogP contribution in [-0.4, -0.2) is 31.9 Å². The third kappa shape index (κ3) is 4.15. The monoisotopic (exact) mass is 322 g/mol. The number of aryl methyl sites for hydroxylation is 1. The first-order valence-electron chi connectivity index (χ1n) is 5.72. The number of nitrogens with one attached hydrogen (secondary N) is 1. The third-order valence-corrected chi connectivity index (χ3v) is 4.67. The summed E-state index contributed by atoms with van der Waals surface area (Å²) in [4.78, 5) is 9.47. The summed E-state index contributed by atoms with van der Waals surface area (Å²) in [6.07, 6.45) is 2.55. The highest BCUT2D eigenvalue weighted by atomic mass is 32.2. The van der Waals surface area contributed by atoms with Gasteiger partial charge in [0.05, 0.1) is 9.82 Å². The van der Waals surface area contributed by atoms with Gasteiger partial charge in [0.15, 0.2) is 0 Å². The van der Waals surface area contributed by atoms with Crippen LogP contribution in [0.5, 0.6) is 0 Å². The fraction of sp³-hybridized carbons (Fsp3) is 0.455. The predicted molar refractivity (Wildman–Crippen MR) is 76.0 cm³/mol. The zero-order valence-electron chi connectivity index (χ0n) is 11.1. The number of nitro groups is 1. The molecular weight excluding hydrogens is 307 g/mol. The smallest absolute Gasteiger partial charge is 0.258 e. The van der Waals surface area contributed by atoms with Crippen LogP contribution >= 0.6 is 11.8 Å². The van der Waals surface area contributed by atoms with Crippen molar-refractivity contribution in [2.24, 2.45) is 0 Å². The molecule has 0 aliphatic rings. The number of benzene rings is 1. The lowest BCUT2D eigenvalue weighted by Crippen LogP contribution is -2.25. The van der Waals surface area contributed by atoms with Gasteiger partial charge in [0.1, 0.15) is 0 Å². The van der Waals surface area contributed by atoms with Crippen LogP contribution in [0.3, 0.4) is 0 Å². The van der Waals surface area contributed by atoms with Gasteiger partial charge in [-0.2, -0.15) is 16.2 Å². The normalized spacial score (nSPS) is 11.6. The SMILES string of the molecule is CSCCCNS(=O)(=O)c1cc(C)c(F)c([N+](=O)[O-])c1. The molecule has 0 amide bonds. The minimum Gasteiger partial charge on any atom is -0.258 e. The standard InChI is InChI=1S/C11H15FN2O4S2/c1-8-6-9(7-10(11(8)12)14(15)16)20(17,18)13-4-3-5-19-2/h6-7,13H,3-5H2,1-2H3. The Balaban J connectivity index is 3.04. The highest BCUT2D eigenvalue weighted by molar-refractivity contribution is 7.98. The second-order valence-electron chi connectivity index (χ2n) is 4.07. The minimum atomic E-state index is -3.87. The van der Waals surface area contributed by atoms with Gasteiger partial charge in [-0.15, -0.1) is 0 Å². The van der Waals surface area contributed by atoms with E-state index in [0.717, 1.165) is 17.9 Å². The van der Waals surface area contributed by atoms with Gasteiger partial charge in [0.2, 0.25) is 15.8 Å². The van der Waals surface area contributed by atoms with E-state index in [0.29, 0.717) is 6.42 Å². The number of sulfonamides is 1. The van der Waals surface area contributed by atoms with Gasteiger partial charge in [-0.3, -0.25) is 10.1 Å². The molecule has 0 unspecified atom stereocenters. The Morgan fingerprint density at radius 1 is 1.45 bits per heavy atom. The Morgan fingerprint density at radius 2 is 2.10 bits per heavy atom. The van der Waals surface area contributed by atoms with E-state index in [9.17, 15) is 22.9 Å². The van der Waals surface area contributed by atoms with E-state index >= 15 is 0 Å². The Hall–Kier alpha value is -1.19. The van der Waals surface area contributed by atoms with Gasteiger partial charge in [-0.05, 0) is 37.0 Å². The maximum absolute atomic E-state index is 13.5. The van der Waals surface area contributed by atoms with Crippen LogP contribution in [0.4, 0.5) is 10.1 Å². The minimum absolute atomic E-state index is 0.0799. The van der Waals surface area contributed by atoms with Crippen molar-refractivity contribution in [2.75, 3.05) is 18.6 Å². The summed E-state index contributed by atoms with van der Waals surface area (Å²) in [5.74, 6) is -0.221. The van der Waals surface area contributed by atoms with E-state index in [4.69, 9.17) is 0 Å². The van der Waals surface area contributed by atoms with Crippen LogP contribution in [0.1, 0.15) is 12.0 Å². The van der Waals surface area contributed by atoms with Crippen molar-refractivity contribution in [3.63, 3.8) is 0 Å².